The smallest absolute Gasteiger partial charge is 0.328 e. The number of likely N-dealkylation sites (tertiary alicyclic amines) is 1. The molecule has 2 fully saturated rings. The van der Waals surface area contributed by atoms with E-state index in [9.17, 15) is 19.7 Å². The second-order valence-electron chi connectivity index (χ2n) is 7.44. The number of fused-ring (bicyclic) bond motifs is 1. The fourth-order valence-electron chi connectivity index (χ4n) is 4.43. The number of nitrogens with zero attached hydrogens (tertiary/aromatic N) is 4. The summed E-state index contributed by atoms with van der Waals surface area (Å²) in [6.45, 7) is 3.24. The number of amides is 1. The first-order chi connectivity index (χ1) is 12.9. The minimum Gasteiger partial charge on any atom is -0.454 e. The van der Waals surface area contributed by atoms with Gasteiger partial charge in [0.1, 0.15) is 17.9 Å². The maximum atomic E-state index is 12.6. The third-order valence-electron chi connectivity index (χ3n) is 5.72. The molecular formula is C18H26N4O5. The Morgan fingerprint density at radius 1 is 1.22 bits per heavy atom. The number of hydrogen-bond acceptors (Lipinski definition) is 6. The van der Waals surface area contributed by atoms with Crippen LogP contribution >= 0.6 is 0 Å². The minimum absolute atomic E-state index is 0.101. The molecule has 1 saturated carbocycles. The molecule has 148 valence electrons. The summed E-state index contributed by atoms with van der Waals surface area (Å²) in [6, 6.07) is 0.275. The Morgan fingerprint density at radius 3 is 2.63 bits per heavy atom. The van der Waals surface area contributed by atoms with Crippen molar-refractivity contribution in [3.63, 3.8) is 0 Å². The van der Waals surface area contributed by atoms with Crippen LogP contribution in [0.25, 0.3) is 0 Å². The second kappa shape index (κ2) is 8.06. The van der Waals surface area contributed by atoms with E-state index in [1.165, 1.54) is 37.8 Å². The molecule has 0 unspecified atom stereocenters. The van der Waals surface area contributed by atoms with E-state index in [1.807, 2.05) is 4.90 Å². The van der Waals surface area contributed by atoms with Crippen LogP contribution in [0.15, 0.2) is 0 Å². The number of aryl methyl sites for hydroxylation is 1. The zero-order chi connectivity index (χ0) is 19.6. The van der Waals surface area contributed by atoms with Gasteiger partial charge in [0, 0.05) is 12.6 Å². The van der Waals surface area contributed by atoms with Crippen LogP contribution < -0.4 is 0 Å². The van der Waals surface area contributed by atoms with Crippen molar-refractivity contribution >= 4 is 17.6 Å². The lowest BCUT2D eigenvalue weighted by Crippen LogP contribution is -2.51. The van der Waals surface area contributed by atoms with Gasteiger partial charge in [0.2, 0.25) is 0 Å². The molecule has 27 heavy (non-hydrogen) atoms. The summed E-state index contributed by atoms with van der Waals surface area (Å²) >= 11 is 0. The molecule has 1 saturated heterocycles. The molecule has 9 nitrogen and oxygen atoms in total. The average Bonchev–Trinajstić information content (AvgIpc) is 2.92. The summed E-state index contributed by atoms with van der Waals surface area (Å²) in [6.07, 6.45) is 6.74. The van der Waals surface area contributed by atoms with Gasteiger partial charge in [0.25, 0.3) is 5.91 Å². The Morgan fingerprint density at radius 2 is 1.93 bits per heavy atom. The van der Waals surface area contributed by atoms with Crippen molar-refractivity contribution in [2.75, 3.05) is 13.2 Å². The van der Waals surface area contributed by atoms with Crippen molar-refractivity contribution in [2.24, 2.45) is 5.92 Å². The third kappa shape index (κ3) is 4.12. The molecule has 2 aliphatic rings. The van der Waals surface area contributed by atoms with Gasteiger partial charge in [0.05, 0.1) is 4.92 Å². The van der Waals surface area contributed by atoms with E-state index in [2.05, 4.69) is 5.10 Å². The van der Waals surface area contributed by atoms with E-state index in [0.29, 0.717) is 11.6 Å². The summed E-state index contributed by atoms with van der Waals surface area (Å²) < 4.78 is 6.39. The van der Waals surface area contributed by atoms with Gasteiger partial charge >= 0.3 is 11.7 Å². The number of piperidine rings is 1. The molecule has 0 N–H and O–H groups in total. The van der Waals surface area contributed by atoms with Crippen molar-refractivity contribution in [3.05, 3.63) is 21.5 Å². The van der Waals surface area contributed by atoms with Crippen LogP contribution in [0, 0.1) is 29.9 Å². The van der Waals surface area contributed by atoms with Gasteiger partial charge in [-0.15, -0.1) is 0 Å². The first-order valence-electron chi connectivity index (χ1n) is 9.52. The third-order valence-corrected chi connectivity index (χ3v) is 5.72. The largest absolute Gasteiger partial charge is 0.454 e. The maximum absolute atomic E-state index is 12.6. The molecule has 0 bridgehead atoms. The van der Waals surface area contributed by atoms with Gasteiger partial charge in [-0.1, -0.05) is 12.8 Å². The SMILES string of the molecule is Cc1nn(CC(=O)OCC(=O)N2CCC[C@@H]3CCCC[C@H]32)c(C)c1[N+](=O)[O-]. The van der Waals surface area contributed by atoms with Crippen LogP contribution in [0.2, 0.25) is 0 Å². The van der Waals surface area contributed by atoms with E-state index in [4.69, 9.17) is 4.74 Å². The highest BCUT2D eigenvalue weighted by atomic mass is 16.6. The van der Waals surface area contributed by atoms with Crippen molar-refractivity contribution < 1.29 is 19.2 Å². The first kappa shape index (κ1) is 19.3. The Balaban J connectivity index is 1.55. The number of carbonyl (C=O) groups excluding carboxylic acids is 2. The second-order valence-corrected chi connectivity index (χ2v) is 7.44. The topological polar surface area (TPSA) is 108 Å². The molecule has 9 heteroatoms. The molecule has 0 aromatic carbocycles. The number of rotatable bonds is 5. The van der Waals surface area contributed by atoms with Gasteiger partial charge in [-0.05, 0) is 45.4 Å². The Bertz CT molecular complexity index is 742. The van der Waals surface area contributed by atoms with E-state index in [0.717, 1.165) is 25.8 Å². The minimum atomic E-state index is -0.624. The average molecular weight is 378 g/mol. The maximum Gasteiger partial charge on any atom is 0.328 e. The van der Waals surface area contributed by atoms with Gasteiger partial charge in [-0.2, -0.15) is 5.10 Å². The van der Waals surface area contributed by atoms with Crippen LogP contribution in [0.3, 0.4) is 0 Å². The number of nitro groups is 1. The molecule has 3 rings (SSSR count). The summed E-state index contributed by atoms with van der Waals surface area (Å²) in [4.78, 5) is 37.1. The van der Waals surface area contributed by atoms with Crippen LogP contribution in [0.4, 0.5) is 5.69 Å². The van der Waals surface area contributed by atoms with Gasteiger partial charge in [-0.3, -0.25) is 24.4 Å². The van der Waals surface area contributed by atoms with Crippen molar-refractivity contribution in [2.45, 2.75) is 65.0 Å². The highest BCUT2D eigenvalue weighted by Gasteiger charge is 2.35. The monoisotopic (exact) mass is 378 g/mol. The first-order valence-corrected chi connectivity index (χ1v) is 9.52. The molecule has 1 amide bonds. The van der Waals surface area contributed by atoms with Gasteiger partial charge in [-0.25, -0.2) is 0 Å². The van der Waals surface area contributed by atoms with Crippen molar-refractivity contribution in [3.8, 4) is 0 Å². The summed E-state index contributed by atoms with van der Waals surface area (Å²) in [5.74, 6) is -0.206. The zero-order valence-corrected chi connectivity index (χ0v) is 15.8. The number of ether oxygens (including phenoxy) is 1. The molecule has 1 aliphatic heterocycles. The summed E-state index contributed by atoms with van der Waals surface area (Å²) in [7, 11) is 0. The van der Waals surface area contributed by atoms with Gasteiger partial charge in [0.15, 0.2) is 6.61 Å². The van der Waals surface area contributed by atoms with E-state index in [1.54, 1.807) is 0 Å². The Kier molecular flexibility index (Phi) is 5.76. The number of hydrogen-bond donors (Lipinski definition) is 0. The number of carbonyl (C=O) groups is 2. The lowest BCUT2D eigenvalue weighted by atomic mass is 9.78. The standard InChI is InChI=1S/C18H26N4O5/c1-12-18(22(25)26)13(2)21(19-12)10-17(24)27-11-16(23)20-9-5-7-14-6-3-4-8-15(14)20/h14-15H,3-11H2,1-2H3/t14-,15+/m0/s1. The number of aromatic nitrogens is 2. The molecule has 0 spiro atoms. The lowest BCUT2D eigenvalue weighted by Gasteiger charge is -2.44. The fraction of sp³-hybridized carbons (Fsp3) is 0.722. The van der Waals surface area contributed by atoms with Crippen molar-refractivity contribution in [1.82, 2.24) is 14.7 Å². The summed E-state index contributed by atoms with van der Waals surface area (Å²) in [5, 5.41) is 15.1. The molecule has 1 aromatic rings. The predicted octanol–water partition coefficient (Wildman–Crippen LogP) is 2.13. The highest BCUT2D eigenvalue weighted by molar-refractivity contribution is 5.81. The normalized spacial score (nSPS) is 22.2. The Labute approximate surface area is 157 Å². The fourth-order valence-corrected chi connectivity index (χ4v) is 4.43. The van der Waals surface area contributed by atoms with E-state index >= 15 is 0 Å². The van der Waals surface area contributed by atoms with Crippen LogP contribution in [-0.2, 0) is 20.9 Å². The number of esters is 1. The molecule has 1 aromatic heterocycles. The Hall–Kier alpha value is -2.45. The quantitative estimate of drug-likeness (QED) is 0.441. The lowest BCUT2D eigenvalue weighted by molar-refractivity contribution is -0.386. The summed E-state index contributed by atoms with van der Waals surface area (Å²) in [5.41, 5.74) is 0.440. The molecule has 1 aliphatic carbocycles. The van der Waals surface area contributed by atoms with E-state index in [-0.39, 0.29) is 36.5 Å². The molecule has 2 atom stereocenters. The van der Waals surface area contributed by atoms with E-state index < -0.39 is 10.9 Å². The van der Waals surface area contributed by atoms with Gasteiger partial charge < -0.3 is 9.64 Å². The predicted molar refractivity (Wildman–Crippen MR) is 96.0 cm³/mol. The van der Waals surface area contributed by atoms with Crippen LogP contribution in [-0.4, -0.2) is 50.7 Å². The molecule has 0 radical (unpaired) electrons. The van der Waals surface area contributed by atoms with Crippen LogP contribution in [0.5, 0.6) is 0 Å². The molecular weight excluding hydrogens is 352 g/mol. The van der Waals surface area contributed by atoms with Crippen LogP contribution in [0.1, 0.15) is 49.9 Å². The highest BCUT2D eigenvalue weighted by Crippen LogP contribution is 2.35. The van der Waals surface area contributed by atoms with Crippen molar-refractivity contribution in [1.29, 1.82) is 0 Å². The zero-order valence-electron chi connectivity index (χ0n) is 15.8. The molecule has 2 heterocycles.